The Hall–Kier alpha value is -2.99. The second kappa shape index (κ2) is 15.0. The van der Waals surface area contributed by atoms with Crippen molar-refractivity contribution in [3.05, 3.63) is 89.5 Å². The van der Waals surface area contributed by atoms with Crippen molar-refractivity contribution >= 4 is 5.97 Å². The molecule has 3 fully saturated rings. The third-order valence-corrected chi connectivity index (χ3v) is 9.76. The van der Waals surface area contributed by atoms with Gasteiger partial charge in [0, 0.05) is 24.7 Å². The van der Waals surface area contributed by atoms with Crippen molar-refractivity contribution in [1.29, 1.82) is 0 Å². The molecule has 0 amide bonds. The van der Waals surface area contributed by atoms with Crippen molar-refractivity contribution in [2.24, 2.45) is 23.7 Å². The minimum absolute atomic E-state index is 0.0955. The molecule has 2 heterocycles. The van der Waals surface area contributed by atoms with Crippen LogP contribution in [0.15, 0.2) is 66.9 Å². The van der Waals surface area contributed by atoms with Gasteiger partial charge in [0.05, 0.1) is 12.1 Å². The van der Waals surface area contributed by atoms with E-state index >= 15 is 0 Å². The molecule has 1 N–H and O–H groups in total. The van der Waals surface area contributed by atoms with Crippen molar-refractivity contribution in [2.45, 2.75) is 83.6 Å². The molecule has 6 heteroatoms. The second-order valence-electron chi connectivity index (χ2n) is 12.8. The molecular weight excluding hydrogens is 525 g/mol. The lowest BCUT2D eigenvalue weighted by Crippen LogP contribution is -2.37. The number of rotatable bonds is 11. The quantitative estimate of drug-likeness (QED) is 0.257. The first-order chi connectivity index (χ1) is 20.5. The number of nitrogens with zero attached hydrogens (tertiary/aromatic N) is 3. The predicted molar refractivity (Wildman–Crippen MR) is 166 cm³/mol. The molecule has 0 bridgehead atoms. The Morgan fingerprint density at radius 3 is 2.19 bits per heavy atom. The maximum atomic E-state index is 11.9. The molecule has 3 atom stereocenters. The first kappa shape index (κ1) is 30.5. The van der Waals surface area contributed by atoms with E-state index in [1.54, 1.807) is 18.2 Å². The first-order valence-corrected chi connectivity index (χ1v) is 16.2. The summed E-state index contributed by atoms with van der Waals surface area (Å²) >= 11 is 0. The number of benzene rings is 2. The van der Waals surface area contributed by atoms with Crippen LogP contribution in [-0.4, -0.2) is 45.4 Å². The number of piperidine rings is 1. The zero-order valence-corrected chi connectivity index (χ0v) is 25.2. The third-order valence-electron chi connectivity index (χ3n) is 9.76. The van der Waals surface area contributed by atoms with Gasteiger partial charge in [-0.15, -0.1) is 0 Å². The Bertz CT molecular complexity index is 1240. The minimum atomic E-state index is -0.543. The number of halogens is 1. The van der Waals surface area contributed by atoms with Gasteiger partial charge in [-0.25, -0.2) is 4.39 Å². The van der Waals surface area contributed by atoms with Crippen molar-refractivity contribution in [1.82, 2.24) is 14.7 Å². The van der Waals surface area contributed by atoms with Crippen LogP contribution in [0.3, 0.4) is 0 Å². The molecule has 1 aliphatic heterocycles. The predicted octanol–water partition coefficient (Wildman–Crippen LogP) is 7.61. The van der Waals surface area contributed by atoms with Gasteiger partial charge in [-0.2, -0.15) is 5.10 Å². The fourth-order valence-corrected chi connectivity index (χ4v) is 7.30. The molecule has 42 heavy (non-hydrogen) atoms. The van der Waals surface area contributed by atoms with Crippen molar-refractivity contribution in [2.75, 3.05) is 19.6 Å². The summed E-state index contributed by atoms with van der Waals surface area (Å²) in [5.74, 6) is 1.57. The van der Waals surface area contributed by atoms with Gasteiger partial charge in [-0.1, -0.05) is 61.4 Å². The zero-order chi connectivity index (χ0) is 29.3. The maximum Gasteiger partial charge on any atom is 0.306 e. The standard InChI is InChI=1S/C30H43N3O2.C6H5F/c1-2-33-29(27(20-31-33)13-10-22-6-4-3-5-7-22)25-14-16-32(17-15-25)21-24-11-12-26(18-24)28(30(34)35)19-23-8-9-23;7-6-4-2-1-3-5-6/h3-7,20,23-26,28H,2,8-19,21H2,1H3,(H,34,35);1-5H. The zero-order valence-electron chi connectivity index (χ0n) is 25.2. The highest BCUT2D eigenvalue weighted by Gasteiger charge is 2.39. The Morgan fingerprint density at radius 1 is 0.929 bits per heavy atom. The molecule has 226 valence electrons. The highest BCUT2D eigenvalue weighted by atomic mass is 19.1. The third kappa shape index (κ3) is 8.53. The van der Waals surface area contributed by atoms with Crippen LogP contribution in [0.1, 0.15) is 81.0 Å². The lowest BCUT2D eigenvalue weighted by Gasteiger charge is -2.34. The number of likely N-dealkylation sites (tertiary alicyclic amines) is 1. The van der Waals surface area contributed by atoms with Crippen LogP contribution in [0.4, 0.5) is 4.39 Å². The van der Waals surface area contributed by atoms with E-state index in [9.17, 15) is 14.3 Å². The summed E-state index contributed by atoms with van der Waals surface area (Å²) in [6.45, 7) is 6.62. The van der Waals surface area contributed by atoms with Crippen molar-refractivity contribution in [3.8, 4) is 0 Å². The van der Waals surface area contributed by atoms with E-state index in [1.807, 2.05) is 0 Å². The Balaban J connectivity index is 0.000000442. The molecule has 3 aliphatic rings. The fourth-order valence-electron chi connectivity index (χ4n) is 7.30. The van der Waals surface area contributed by atoms with Crippen LogP contribution >= 0.6 is 0 Å². The summed E-state index contributed by atoms with van der Waals surface area (Å²) in [5, 5.41) is 14.5. The number of aryl methyl sites for hydroxylation is 3. The van der Waals surface area contributed by atoms with E-state index in [0.717, 1.165) is 58.3 Å². The highest BCUT2D eigenvalue weighted by Crippen LogP contribution is 2.44. The van der Waals surface area contributed by atoms with E-state index < -0.39 is 5.97 Å². The lowest BCUT2D eigenvalue weighted by atomic mass is 9.85. The number of carboxylic acids is 1. The summed E-state index contributed by atoms with van der Waals surface area (Å²) in [5.41, 5.74) is 4.31. The van der Waals surface area contributed by atoms with Gasteiger partial charge in [0.15, 0.2) is 0 Å². The number of carboxylic acid groups (broad SMARTS) is 1. The van der Waals surface area contributed by atoms with E-state index in [4.69, 9.17) is 5.10 Å². The summed E-state index contributed by atoms with van der Waals surface area (Å²) < 4.78 is 14.2. The van der Waals surface area contributed by atoms with E-state index in [2.05, 4.69) is 53.0 Å². The van der Waals surface area contributed by atoms with E-state index in [1.165, 1.54) is 61.1 Å². The van der Waals surface area contributed by atoms with Gasteiger partial charge in [-0.05, 0) is 112 Å². The average Bonchev–Trinajstić information content (AvgIpc) is 3.56. The van der Waals surface area contributed by atoms with Crippen LogP contribution in [0.5, 0.6) is 0 Å². The molecule has 2 aromatic carbocycles. The van der Waals surface area contributed by atoms with Gasteiger partial charge in [0.1, 0.15) is 5.82 Å². The number of hydrogen-bond acceptors (Lipinski definition) is 3. The highest BCUT2D eigenvalue weighted by molar-refractivity contribution is 5.70. The van der Waals surface area contributed by atoms with Gasteiger partial charge in [0.2, 0.25) is 0 Å². The number of aromatic nitrogens is 2. The van der Waals surface area contributed by atoms with Crippen LogP contribution in [0.2, 0.25) is 0 Å². The minimum Gasteiger partial charge on any atom is -0.481 e. The molecule has 5 nitrogen and oxygen atoms in total. The molecule has 3 aromatic rings. The Morgan fingerprint density at radius 2 is 1.60 bits per heavy atom. The number of aliphatic carboxylic acids is 1. The maximum absolute atomic E-state index is 11.9. The Kier molecular flexibility index (Phi) is 10.8. The topological polar surface area (TPSA) is 58.4 Å². The van der Waals surface area contributed by atoms with Gasteiger partial charge < -0.3 is 10.0 Å². The van der Waals surface area contributed by atoms with Crippen molar-refractivity contribution in [3.63, 3.8) is 0 Å². The second-order valence-corrected chi connectivity index (χ2v) is 12.8. The summed E-state index contributed by atoms with van der Waals surface area (Å²) in [7, 11) is 0. The molecule has 0 spiro atoms. The van der Waals surface area contributed by atoms with Gasteiger partial charge in [0.25, 0.3) is 0 Å². The molecule has 3 unspecified atom stereocenters. The molecular formula is C36H48FN3O2. The molecule has 1 saturated heterocycles. The average molecular weight is 574 g/mol. The van der Waals surface area contributed by atoms with Crippen LogP contribution in [0, 0.1) is 29.5 Å². The molecule has 6 rings (SSSR count). The van der Waals surface area contributed by atoms with E-state index in [-0.39, 0.29) is 11.7 Å². The largest absolute Gasteiger partial charge is 0.481 e. The molecule has 0 radical (unpaired) electrons. The molecule has 1 aromatic heterocycles. The first-order valence-electron chi connectivity index (χ1n) is 16.2. The Labute approximate surface area is 251 Å². The van der Waals surface area contributed by atoms with Crippen molar-refractivity contribution < 1.29 is 14.3 Å². The lowest BCUT2D eigenvalue weighted by molar-refractivity contribution is -0.144. The van der Waals surface area contributed by atoms with Crippen LogP contribution in [0.25, 0.3) is 0 Å². The van der Waals surface area contributed by atoms with Gasteiger partial charge in [-0.3, -0.25) is 9.48 Å². The van der Waals surface area contributed by atoms with Crippen LogP contribution < -0.4 is 0 Å². The summed E-state index contributed by atoms with van der Waals surface area (Å²) in [6.07, 6.45) is 13.5. The van der Waals surface area contributed by atoms with E-state index in [0.29, 0.717) is 23.7 Å². The normalized spacial score (nSPS) is 22.0. The number of hydrogen-bond donors (Lipinski definition) is 1. The summed E-state index contributed by atoms with van der Waals surface area (Å²) in [6, 6.07) is 18.7. The molecule has 2 aliphatic carbocycles. The van der Waals surface area contributed by atoms with Gasteiger partial charge >= 0.3 is 5.97 Å². The number of carbonyl (C=O) groups is 1. The van der Waals surface area contributed by atoms with Crippen LogP contribution in [-0.2, 0) is 24.2 Å². The SMILES string of the molecule is CCn1ncc(CCc2ccccc2)c1C1CCN(CC2CCC(C(CC3CC3)C(=O)O)C2)CC1.Fc1ccccc1. The fraction of sp³-hybridized carbons (Fsp3) is 0.556. The molecule has 2 saturated carbocycles. The smallest absolute Gasteiger partial charge is 0.306 e. The summed E-state index contributed by atoms with van der Waals surface area (Å²) in [4.78, 5) is 14.5. The monoisotopic (exact) mass is 573 g/mol.